The molecule has 0 aromatic heterocycles. The molecule has 2 atom stereocenters. The van der Waals surface area contributed by atoms with E-state index in [2.05, 4.69) is 11.4 Å². The number of nitriles is 1. The zero-order valence-corrected chi connectivity index (χ0v) is 9.87. The normalized spacial score (nSPS) is 24.0. The second kappa shape index (κ2) is 7.24. The van der Waals surface area contributed by atoms with Gasteiger partial charge in [0.1, 0.15) is 0 Å². The summed E-state index contributed by atoms with van der Waals surface area (Å²) in [6, 6.07) is 2.31. The fourth-order valence-corrected chi connectivity index (χ4v) is 1.98. The van der Waals surface area contributed by atoms with Crippen molar-refractivity contribution in [2.75, 3.05) is 13.2 Å². The summed E-state index contributed by atoms with van der Waals surface area (Å²) in [6.45, 7) is 3.22. The third-order valence-corrected chi connectivity index (χ3v) is 2.85. The Bertz CT molecular complexity index is 260. The maximum Gasteiger partial charge on any atom is 0.222 e. The van der Waals surface area contributed by atoms with Crippen LogP contribution in [-0.4, -0.2) is 25.2 Å². The van der Waals surface area contributed by atoms with Gasteiger partial charge in [0.25, 0.3) is 0 Å². The SMILES string of the molecule is CCCOCCC(=O)NC1CCCC1C#N. The molecule has 1 fully saturated rings. The molecule has 4 nitrogen and oxygen atoms in total. The van der Waals surface area contributed by atoms with E-state index in [-0.39, 0.29) is 17.9 Å². The number of nitrogens with one attached hydrogen (secondary N) is 1. The van der Waals surface area contributed by atoms with E-state index in [1.807, 2.05) is 6.92 Å². The van der Waals surface area contributed by atoms with Gasteiger partial charge in [0.15, 0.2) is 0 Å². The minimum absolute atomic E-state index is 0.000472. The molecule has 0 spiro atoms. The van der Waals surface area contributed by atoms with Gasteiger partial charge >= 0.3 is 0 Å². The zero-order valence-electron chi connectivity index (χ0n) is 9.87. The highest BCUT2D eigenvalue weighted by Gasteiger charge is 2.27. The molecule has 1 aliphatic rings. The number of carbonyl (C=O) groups is 1. The lowest BCUT2D eigenvalue weighted by Crippen LogP contribution is -2.37. The minimum Gasteiger partial charge on any atom is -0.381 e. The Hall–Kier alpha value is -1.08. The van der Waals surface area contributed by atoms with Gasteiger partial charge in [-0.1, -0.05) is 6.92 Å². The van der Waals surface area contributed by atoms with Gasteiger partial charge in [-0.3, -0.25) is 4.79 Å². The Morgan fingerprint density at radius 2 is 2.31 bits per heavy atom. The molecule has 1 N–H and O–H groups in total. The van der Waals surface area contributed by atoms with Crippen LogP contribution in [0.4, 0.5) is 0 Å². The van der Waals surface area contributed by atoms with Crippen LogP contribution in [0.15, 0.2) is 0 Å². The first-order valence-electron chi connectivity index (χ1n) is 6.04. The van der Waals surface area contributed by atoms with E-state index >= 15 is 0 Å². The van der Waals surface area contributed by atoms with Crippen molar-refractivity contribution in [3.63, 3.8) is 0 Å². The van der Waals surface area contributed by atoms with Gasteiger partial charge in [-0.05, 0) is 25.7 Å². The summed E-state index contributed by atoms with van der Waals surface area (Å²) in [6.07, 6.45) is 4.25. The molecular weight excluding hydrogens is 204 g/mol. The lowest BCUT2D eigenvalue weighted by molar-refractivity contribution is -0.123. The molecule has 90 valence electrons. The van der Waals surface area contributed by atoms with Crippen LogP contribution in [0.2, 0.25) is 0 Å². The van der Waals surface area contributed by atoms with Crippen LogP contribution in [0.3, 0.4) is 0 Å². The summed E-state index contributed by atoms with van der Waals surface area (Å²) < 4.78 is 5.25. The fourth-order valence-electron chi connectivity index (χ4n) is 1.98. The summed E-state index contributed by atoms with van der Waals surface area (Å²) in [4.78, 5) is 11.5. The highest BCUT2D eigenvalue weighted by molar-refractivity contribution is 5.76. The van der Waals surface area contributed by atoms with Crippen LogP contribution in [0, 0.1) is 17.2 Å². The standard InChI is InChI=1S/C12H20N2O2/c1-2-7-16-8-6-12(15)14-11-5-3-4-10(11)9-13/h10-11H,2-8H2,1H3,(H,14,15). The Labute approximate surface area is 97.0 Å². The molecule has 1 aliphatic carbocycles. The quantitative estimate of drug-likeness (QED) is 0.697. The largest absolute Gasteiger partial charge is 0.381 e. The van der Waals surface area contributed by atoms with Crippen LogP contribution in [0.1, 0.15) is 39.0 Å². The molecule has 1 saturated carbocycles. The van der Waals surface area contributed by atoms with Crippen molar-refractivity contribution < 1.29 is 9.53 Å². The molecule has 0 aromatic carbocycles. The van der Waals surface area contributed by atoms with Gasteiger partial charge < -0.3 is 10.1 Å². The van der Waals surface area contributed by atoms with E-state index < -0.39 is 0 Å². The van der Waals surface area contributed by atoms with Crippen molar-refractivity contribution in [1.29, 1.82) is 5.26 Å². The molecule has 0 bridgehead atoms. The molecule has 0 aliphatic heterocycles. The molecule has 16 heavy (non-hydrogen) atoms. The summed E-state index contributed by atoms with van der Waals surface area (Å²) in [5.41, 5.74) is 0. The summed E-state index contributed by atoms with van der Waals surface area (Å²) in [5, 5.41) is 11.8. The Morgan fingerprint density at radius 1 is 1.50 bits per heavy atom. The zero-order chi connectivity index (χ0) is 11.8. The monoisotopic (exact) mass is 224 g/mol. The van der Waals surface area contributed by atoms with Crippen molar-refractivity contribution in [3.8, 4) is 6.07 Å². The van der Waals surface area contributed by atoms with Gasteiger partial charge in [0, 0.05) is 19.1 Å². The Balaban J connectivity index is 2.16. The van der Waals surface area contributed by atoms with Crippen molar-refractivity contribution in [2.45, 2.75) is 45.1 Å². The second-order valence-corrected chi connectivity index (χ2v) is 4.20. The molecule has 0 radical (unpaired) electrons. The van der Waals surface area contributed by atoms with Gasteiger partial charge in [0.05, 0.1) is 18.6 Å². The number of nitrogens with zero attached hydrogens (tertiary/aromatic N) is 1. The average Bonchev–Trinajstić information content (AvgIpc) is 2.71. The number of hydrogen-bond donors (Lipinski definition) is 1. The summed E-state index contributed by atoms with van der Waals surface area (Å²) >= 11 is 0. The molecule has 0 heterocycles. The van der Waals surface area contributed by atoms with Crippen molar-refractivity contribution in [2.24, 2.45) is 5.92 Å². The molecule has 2 unspecified atom stereocenters. The van der Waals surface area contributed by atoms with Gasteiger partial charge in [0.2, 0.25) is 5.91 Å². The Kier molecular flexibility index (Phi) is 5.87. The van der Waals surface area contributed by atoms with E-state index in [1.54, 1.807) is 0 Å². The van der Waals surface area contributed by atoms with E-state index in [4.69, 9.17) is 10.00 Å². The van der Waals surface area contributed by atoms with Crippen molar-refractivity contribution in [3.05, 3.63) is 0 Å². The summed E-state index contributed by atoms with van der Waals surface area (Å²) in [7, 11) is 0. The maximum atomic E-state index is 11.5. The number of hydrogen-bond acceptors (Lipinski definition) is 3. The first-order valence-corrected chi connectivity index (χ1v) is 6.04. The van der Waals surface area contributed by atoms with Crippen molar-refractivity contribution in [1.82, 2.24) is 5.32 Å². The predicted octanol–water partition coefficient (Wildman–Crippen LogP) is 1.61. The van der Waals surface area contributed by atoms with E-state index in [9.17, 15) is 4.79 Å². The van der Waals surface area contributed by atoms with E-state index in [1.165, 1.54) is 0 Å². The smallest absolute Gasteiger partial charge is 0.222 e. The van der Waals surface area contributed by atoms with Crippen LogP contribution >= 0.6 is 0 Å². The predicted molar refractivity (Wildman–Crippen MR) is 60.6 cm³/mol. The van der Waals surface area contributed by atoms with Crippen LogP contribution in [0.5, 0.6) is 0 Å². The molecule has 0 aromatic rings. The number of amides is 1. The topological polar surface area (TPSA) is 62.1 Å². The second-order valence-electron chi connectivity index (χ2n) is 4.20. The summed E-state index contributed by atoms with van der Waals surface area (Å²) in [5.74, 6) is 0.00348. The molecule has 4 heteroatoms. The number of ether oxygens (including phenoxy) is 1. The number of rotatable bonds is 6. The highest BCUT2D eigenvalue weighted by Crippen LogP contribution is 2.24. The van der Waals surface area contributed by atoms with Crippen molar-refractivity contribution >= 4 is 5.91 Å². The van der Waals surface area contributed by atoms with E-state index in [0.717, 1.165) is 25.7 Å². The van der Waals surface area contributed by atoms with Crippen LogP contribution in [-0.2, 0) is 9.53 Å². The van der Waals surface area contributed by atoms with Gasteiger partial charge in [-0.25, -0.2) is 0 Å². The maximum absolute atomic E-state index is 11.5. The highest BCUT2D eigenvalue weighted by atomic mass is 16.5. The minimum atomic E-state index is 0.000472. The van der Waals surface area contributed by atoms with Gasteiger partial charge in [-0.2, -0.15) is 5.26 Å². The third-order valence-electron chi connectivity index (χ3n) is 2.85. The molecule has 1 rings (SSSR count). The molecule has 1 amide bonds. The van der Waals surface area contributed by atoms with Crippen LogP contribution < -0.4 is 5.32 Å². The third kappa shape index (κ3) is 4.19. The van der Waals surface area contributed by atoms with E-state index in [0.29, 0.717) is 19.6 Å². The first kappa shape index (κ1) is 13.0. The first-order chi connectivity index (χ1) is 7.77. The van der Waals surface area contributed by atoms with Crippen LogP contribution in [0.25, 0.3) is 0 Å². The average molecular weight is 224 g/mol. The number of carbonyl (C=O) groups excluding carboxylic acids is 1. The molecule has 0 saturated heterocycles. The fraction of sp³-hybridized carbons (Fsp3) is 0.833. The Morgan fingerprint density at radius 3 is 3.00 bits per heavy atom. The van der Waals surface area contributed by atoms with Gasteiger partial charge in [-0.15, -0.1) is 0 Å². The lowest BCUT2D eigenvalue weighted by Gasteiger charge is -2.15. The lowest BCUT2D eigenvalue weighted by atomic mass is 10.1. The molecular formula is C12H20N2O2.